The van der Waals surface area contributed by atoms with Crippen molar-refractivity contribution in [2.24, 2.45) is 5.92 Å². The zero-order chi connectivity index (χ0) is 16.9. The molecule has 1 aromatic rings. The van der Waals surface area contributed by atoms with Gasteiger partial charge in [0.15, 0.2) is 0 Å². The second kappa shape index (κ2) is 7.61. The highest BCUT2D eigenvalue weighted by molar-refractivity contribution is 5.42. The summed E-state index contributed by atoms with van der Waals surface area (Å²) in [6.45, 7) is 10.1. The highest BCUT2D eigenvalue weighted by atomic mass is 16.3. The standard InChI is InChI=1S/C22H28O/c1-5-17(4)15-16-18(6-2)20-14-10-12-19-11-8-9-13-21(19)22(20,23)7-3/h5-9,11,13,15-16,20,23H,3,10,12,14H2,1-2,4H3/b16-15-,17-5?,18-6+/t20-,22+/m0/s1. The molecule has 0 aromatic heterocycles. The molecule has 1 heteroatoms. The molecule has 1 aliphatic carbocycles. The SMILES string of the molecule is C=C[C@]1(O)c2ccccc2CCC[C@H]1C(/C=C\C(C)=CC)=C/C. The number of benzene rings is 1. The van der Waals surface area contributed by atoms with Crippen molar-refractivity contribution in [2.75, 3.05) is 0 Å². The molecule has 122 valence electrons. The number of aliphatic hydroxyl groups is 1. The first kappa shape index (κ1) is 17.5. The van der Waals surface area contributed by atoms with Crippen LogP contribution in [0.25, 0.3) is 0 Å². The quantitative estimate of drug-likeness (QED) is 0.443. The Morgan fingerprint density at radius 3 is 2.61 bits per heavy atom. The molecule has 0 amide bonds. The van der Waals surface area contributed by atoms with Crippen LogP contribution in [0.1, 0.15) is 44.7 Å². The van der Waals surface area contributed by atoms with Crippen molar-refractivity contribution < 1.29 is 5.11 Å². The van der Waals surface area contributed by atoms with Crippen molar-refractivity contribution in [1.29, 1.82) is 0 Å². The smallest absolute Gasteiger partial charge is 0.115 e. The summed E-state index contributed by atoms with van der Waals surface area (Å²) in [7, 11) is 0. The maximum Gasteiger partial charge on any atom is 0.115 e. The van der Waals surface area contributed by atoms with E-state index in [1.807, 2.05) is 26.0 Å². The lowest BCUT2D eigenvalue weighted by Gasteiger charge is -2.34. The van der Waals surface area contributed by atoms with Gasteiger partial charge in [-0.3, -0.25) is 0 Å². The fourth-order valence-electron chi connectivity index (χ4n) is 3.44. The van der Waals surface area contributed by atoms with Crippen LogP contribution in [0.2, 0.25) is 0 Å². The number of allylic oxidation sites excluding steroid dienone is 5. The van der Waals surface area contributed by atoms with Crippen molar-refractivity contribution in [3.8, 4) is 0 Å². The van der Waals surface area contributed by atoms with Gasteiger partial charge in [0.2, 0.25) is 0 Å². The number of aryl methyl sites for hydroxylation is 1. The van der Waals surface area contributed by atoms with Gasteiger partial charge in [-0.15, -0.1) is 0 Å². The van der Waals surface area contributed by atoms with Crippen molar-refractivity contribution in [1.82, 2.24) is 0 Å². The molecule has 2 rings (SSSR count). The van der Waals surface area contributed by atoms with E-state index < -0.39 is 5.60 Å². The summed E-state index contributed by atoms with van der Waals surface area (Å²) >= 11 is 0. The third-order valence-electron chi connectivity index (χ3n) is 4.96. The largest absolute Gasteiger partial charge is 0.380 e. The Kier molecular flexibility index (Phi) is 5.79. The zero-order valence-electron chi connectivity index (χ0n) is 14.5. The van der Waals surface area contributed by atoms with Crippen molar-refractivity contribution in [2.45, 2.75) is 45.6 Å². The van der Waals surface area contributed by atoms with Crippen molar-refractivity contribution >= 4 is 0 Å². The Labute approximate surface area is 140 Å². The molecule has 1 nitrogen and oxygen atoms in total. The van der Waals surface area contributed by atoms with Gasteiger partial charge in [0.25, 0.3) is 0 Å². The van der Waals surface area contributed by atoms with Gasteiger partial charge in [-0.05, 0) is 56.7 Å². The maximum absolute atomic E-state index is 11.5. The van der Waals surface area contributed by atoms with E-state index in [-0.39, 0.29) is 5.92 Å². The highest BCUT2D eigenvalue weighted by Gasteiger charge is 2.39. The van der Waals surface area contributed by atoms with Crippen LogP contribution in [0.4, 0.5) is 0 Å². The Morgan fingerprint density at radius 2 is 1.96 bits per heavy atom. The lowest BCUT2D eigenvalue weighted by atomic mass is 9.75. The van der Waals surface area contributed by atoms with Crippen LogP contribution >= 0.6 is 0 Å². The summed E-state index contributed by atoms with van der Waals surface area (Å²) in [6, 6.07) is 8.23. The van der Waals surface area contributed by atoms with Gasteiger partial charge in [-0.2, -0.15) is 0 Å². The van der Waals surface area contributed by atoms with Crippen LogP contribution in [0.5, 0.6) is 0 Å². The van der Waals surface area contributed by atoms with Gasteiger partial charge in [-0.25, -0.2) is 0 Å². The van der Waals surface area contributed by atoms with Crippen LogP contribution in [-0.4, -0.2) is 5.11 Å². The molecule has 1 aromatic carbocycles. The summed E-state index contributed by atoms with van der Waals surface area (Å²) in [5, 5.41) is 11.5. The first-order valence-corrected chi connectivity index (χ1v) is 8.48. The molecule has 0 fully saturated rings. The summed E-state index contributed by atoms with van der Waals surface area (Å²) < 4.78 is 0. The number of hydrogen-bond donors (Lipinski definition) is 1. The van der Waals surface area contributed by atoms with E-state index in [0.717, 1.165) is 24.8 Å². The Bertz CT molecular complexity index is 648. The minimum atomic E-state index is -1.01. The molecule has 1 aliphatic rings. The lowest BCUT2D eigenvalue weighted by molar-refractivity contribution is 0.0397. The summed E-state index contributed by atoms with van der Waals surface area (Å²) in [5.41, 5.74) is 3.63. The minimum absolute atomic E-state index is 0.0366. The van der Waals surface area contributed by atoms with Gasteiger partial charge < -0.3 is 5.11 Å². The molecule has 1 N–H and O–H groups in total. The fourth-order valence-corrected chi connectivity index (χ4v) is 3.44. The first-order valence-electron chi connectivity index (χ1n) is 8.48. The van der Waals surface area contributed by atoms with E-state index in [1.165, 1.54) is 16.7 Å². The van der Waals surface area contributed by atoms with Crippen LogP contribution in [-0.2, 0) is 12.0 Å². The lowest BCUT2D eigenvalue weighted by Crippen LogP contribution is -2.33. The monoisotopic (exact) mass is 308 g/mol. The van der Waals surface area contributed by atoms with E-state index in [9.17, 15) is 5.11 Å². The third kappa shape index (κ3) is 3.56. The van der Waals surface area contributed by atoms with Gasteiger partial charge in [0.05, 0.1) is 0 Å². The Hall–Kier alpha value is -1.86. The molecule has 0 saturated carbocycles. The molecule has 0 unspecified atom stereocenters. The fraction of sp³-hybridized carbons (Fsp3) is 0.364. The van der Waals surface area contributed by atoms with Crippen molar-refractivity contribution in [3.05, 3.63) is 83.5 Å². The van der Waals surface area contributed by atoms with Crippen LogP contribution in [0, 0.1) is 5.92 Å². The predicted molar refractivity (Wildman–Crippen MR) is 99.3 cm³/mol. The molecule has 0 aliphatic heterocycles. The number of fused-ring (bicyclic) bond motifs is 1. The first-order chi connectivity index (χ1) is 11.1. The van der Waals surface area contributed by atoms with E-state index in [4.69, 9.17) is 0 Å². The predicted octanol–water partition coefficient (Wildman–Crippen LogP) is 5.48. The van der Waals surface area contributed by atoms with E-state index >= 15 is 0 Å². The second-order valence-electron chi connectivity index (χ2n) is 6.29. The molecule has 0 saturated heterocycles. The van der Waals surface area contributed by atoms with Gasteiger partial charge in [0.1, 0.15) is 5.60 Å². The van der Waals surface area contributed by atoms with E-state index in [2.05, 4.69) is 49.9 Å². The van der Waals surface area contributed by atoms with Crippen LogP contribution < -0.4 is 0 Å². The normalized spacial score (nSPS) is 26.0. The molecule has 2 atom stereocenters. The molecular weight excluding hydrogens is 280 g/mol. The van der Waals surface area contributed by atoms with Gasteiger partial charge in [-0.1, -0.05) is 66.8 Å². The van der Waals surface area contributed by atoms with Gasteiger partial charge >= 0.3 is 0 Å². The van der Waals surface area contributed by atoms with Crippen molar-refractivity contribution in [3.63, 3.8) is 0 Å². The number of rotatable bonds is 4. The summed E-state index contributed by atoms with van der Waals surface area (Å²) in [4.78, 5) is 0. The molecule has 23 heavy (non-hydrogen) atoms. The maximum atomic E-state index is 11.5. The summed E-state index contributed by atoms with van der Waals surface area (Å²) in [5.74, 6) is 0.0366. The Balaban J connectivity index is 2.48. The van der Waals surface area contributed by atoms with Gasteiger partial charge in [0, 0.05) is 5.92 Å². The van der Waals surface area contributed by atoms with E-state index in [1.54, 1.807) is 6.08 Å². The van der Waals surface area contributed by atoms with Crippen LogP contribution in [0.3, 0.4) is 0 Å². The topological polar surface area (TPSA) is 20.2 Å². The van der Waals surface area contributed by atoms with E-state index in [0.29, 0.717) is 0 Å². The average Bonchev–Trinajstić information content (AvgIpc) is 2.73. The highest BCUT2D eigenvalue weighted by Crippen LogP contribution is 2.43. The minimum Gasteiger partial charge on any atom is -0.380 e. The molecule has 0 heterocycles. The second-order valence-corrected chi connectivity index (χ2v) is 6.29. The molecule has 0 bridgehead atoms. The molecule has 0 radical (unpaired) electrons. The average molecular weight is 308 g/mol. The summed E-state index contributed by atoms with van der Waals surface area (Å²) in [6.07, 6.45) is 13.2. The van der Waals surface area contributed by atoms with Crippen LogP contribution in [0.15, 0.2) is 72.4 Å². The molecule has 0 spiro atoms. The zero-order valence-corrected chi connectivity index (χ0v) is 14.5. The number of hydrogen-bond acceptors (Lipinski definition) is 1. The Morgan fingerprint density at radius 1 is 1.22 bits per heavy atom. The molecular formula is C22H28O. The third-order valence-corrected chi connectivity index (χ3v) is 4.96.